The summed E-state index contributed by atoms with van der Waals surface area (Å²) in [5.41, 5.74) is 1.58. The molecule has 2 aliphatic rings. The molecule has 0 aromatic heterocycles. The van der Waals surface area contributed by atoms with Crippen molar-refractivity contribution >= 4 is 5.78 Å². The Labute approximate surface area is 362 Å². The fourth-order valence-corrected chi connectivity index (χ4v) is 7.99. The van der Waals surface area contributed by atoms with Crippen molar-refractivity contribution in [3.63, 3.8) is 0 Å². The van der Waals surface area contributed by atoms with Crippen LogP contribution < -0.4 is 18.9 Å². The van der Waals surface area contributed by atoms with Crippen LogP contribution in [0.3, 0.4) is 0 Å². The molecule has 10 heteroatoms. The van der Waals surface area contributed by atoms with Crippen molar-refractivity contribution in [1.29, 1.82) is 0 Å². The first-order valence-corrected chi connectivity index (χ1v) is 23.9. The summed E-state index contributed by atoms with van der Waals surface area (Å²) >= 11 is 0. The van der Waals surface area contributed by atoms with E-state index in [1.165, 1.54) is 0 Å². The first-order valence-electron chi connectivity index (χ1n) is 23.9. The predicted molar refractivity (Wildman–Crippen MR) is 239 cm³/mol. The van der Waals surface area contributed by atoms with Crippen LogP contribution in [0.1, 0.15) is 185 Å². The molecule has 5 unspecified atom stereocenters. The predicted octanol–water partition coefficient (Wildman–Crippen LogP) is 12.1. The number of aromatic hydroxyl groups is 1. The van der Waals surface area contributed by atoms with Crippen molar-refractivity contribution < 1.29 is 47.8 Å². The molecule has 1 saturated carbocycles. The quantitative estimate of drug-likeness (QED) is 0.0737. The zero-order chi connectivity index (χ0) is 43.1. The van der Waals surface area contributed by atoms with E-state index in [0.29, 0.717) is 87.8 Å². The number of benzene rings is 2. The minimum Gasteiger partial charge on any atom is -0.507 e. The molecule has 6 atom stereocenters. The number of rotatable bonds is 31. The van der Waals surface area contributed by atoms with E-state index >= 15 is 0 Å². The van der Waals surface area contributed by atoms with Gasteiger partial charge in [-0.1, -0.05) is 99.5 Å². The number of phenols is 1. The molecule has 1 fully saturated rings. The lowest BCUT2D eigenvalue weighted by atomic mass is 9.71. The van der Waals surface area contributed by atoms with E-state index in [0.717, 1.165) is 95.5 Å². The largest absolute Gasteiger partial charge is 0.507 e. The average Bonchev–Trinajstić information content (AvgIpc) is 3.24. The molecule has 10 nitrogen and oxygen atoms in total. The lowest BCUT2D eigenvalue weighted by molar-refractivity contribution is -0.191. The number of unbranched alkanes of at least 4 members (excludes halogenated alkanes) is 7. The summed E-state index contributed by atoms with van der Waals surface area (Å²) < 4.78 is 52.4. The second kappa shape index (κ2) is 27.8. The van der Waals surface area contributed by atoms with Crippen LogP contribution in [0.5, 0.6) is 28.7 Å². The van der Waals surface area contributed by atoms with Gasteiger partial charge in [0.2, 0.25) is 0 Å². The molecular weight excluding hydrogens is 761 g/mol. The van der Waals surface area contributed by atoms with Gasteiger partial charge in [0.25, 0.3) is 0 Å². The van der Waals surface area contributed by atoms with E-state index in [2.05, 4.69) is 48.5 Å². The van der Waals surface area contributed by atoms with E-state index in [-0.39, 0.29) is 41.5 Å². The minimum atomic E-state index is -0.584. The molecule has 0 bridgehead atoms. The van der Waals surface area contributed by atoms with Gasteiger partial charge in [0.05, 0.1) is 45.1 Å². The molecule has 1 heterocycles. The Morgan fingerprint density at radius 1 is 0.600 bits per heavy atom. The molecule has 4 rings (SSSR count). The number of phenolic OH excluding ortho intramolecular Hbond substituents is 1. The third-order valence-corrected chi connectivity index (χ3v) is 11.6. The summed E-state index contributed by atoms with van der Waals surface area (Å²) in [4.78, 5) is 14.4. The lowest BCUT2D eigenvalue weighted by Crippen LogP contribution is -2.55. The number of carbonyl (C=O) groups excluding carboxylic acids is 1. The summed E-state index contributed by atoms with van der Waals surface area (Å²) in [7, 11) is 0. The molecule has 0 saturated heterocycles. The van der Waals surface area contributed by atoms with Gasteiger partial charge in [-0.15, -0.1) is 0 Å². The van der Waals surface area contributed by atoms with Gasteiger partial charge in [-0.2, -0.15) is 0 Å². The van der Waals surface area contributed by atoms with Crippen LogP contribution in [0.25, 0.3) is 0 Å². The Balaban J connectivity index is 1.81. The molecule has 1 N–H and O–H groups in total. The highest BCUT2D eigenvalue weighted by Crippen LogP contribution is 2.53. The van der Waals surface area contributed by atoms with Crippen molar-refractivity contribution in [1.82, 2.24) is 0 Å². The maximum atomic E-state index is 14.4. The molecule has 1 aliphatic carbocycles. The fourth-order valence-electron chi connectivity index (χ4n) is 7.99. The number of ketones is 1. The summed E-state index contributed by atoms with van der Waals surface area (Å²) in [6.45, 7) is 19.6. The monoisotopic (exact) mass is 841 g/mol. The fraction of sp³-hybridized carbons (Fsp3) is 0.740. The zero-order valence-electron chi connectivity index (χ0n) is 38.4. The first-order chi connectivity index (χ1) is 29.4. The van der Waals surface area contributed by atoms with Crippen LogP contribution in [0.15, 0.2) is 24.3 Å². The highest BCUT2D eigenvalue weighted by molar-refractivity contribution is 6.03. The van der Waals surface area contributed by atoms with Crippen molar-refractivity contribution in [2.24, 2.45) is 5.92 Å². The van der Waals surface area contributed by atoms with E-state index in [4.69, 9.17) is 37.9 Å². The third-order valence-electron chi connectivity index (χ3n) is 11.6. The van der Waals surface area contributed by atoms with Crippen molar-refractivity contribution in [3.05, 3.63) is 41.0 Å². The summed E-state index contributed by atoms with van der Waals surface area (Å²) in [6.07, 6.45) is 12.4. The van der Waals surface area contributed by atoms with Gasteiger partial charge in [-0.05, 0) is 69.1 Å². The molecule has 60 heavy (non-hydrogen) atoms. The Morgan fingerprint density at radius 3 is 1.72 bits per heavy atom. The van der Waals surface area contributed by atoms with Crippen LogP contribution in [-0.4, -0.2) is 82.1 Å². The Hall–Kier alpha value is -3.05. The Bertz CT molecular complexity index is 1510. The highest BCUT2D eigenvalue weighted by Gasteiger charge is 2.50. The van der Waals surface area contributed by atoms with Gasteiger partial charge in [-0.25, -0.2) is 0 Å². The van der Waals surface area contributed by atoms with Crippen LogP contribution in [-0.2, 0) is 18.9 Å². The third kappa shape index (κ3) is 14.2. The summed E-state index contributed by atoms with van der Waals surface area (Å²) in [5.74, 6) is 1.47. The second-order valence-electron chi connectivity index (χ2n) is 16.7. The van der Waals surface area contributed by atoms with Crippen LogP contribution in [0.4, 0.5) is 0 Å². The summed E-state index contributed by atoms with van der Waals surface area (Å²) in [5, 5.41) is 12.5. The van der Waals surface area contributed by atoms with Crippen LogP contribution in [0, 0.1) is 5.92 Å². The van der Waals surface area contributed by atoms with Gasteiger partial charge in [0.1, 0.15) is 35.0 Å². The summed E-state index contributed by atoms with van der Waals surface area (Å²) in [6, 6.07) is 7.63. The number of hydrogen-bond donors (Lipinski definition) is 1. The van der Waals surface area contributed by atoms with Gasteiger partial charge in [-0.3, -0.25) is 4.79 Å². The van der Waals surface area contributed by atoms with Gasteiger partial charge in [0.15, 0.2) is 17.3 Å². The molecule has 0 radical (unpaired) electrons. The Kier molecular flexibility index (Phi) is 23.0. The lowest BCUT2D eigenvalue weighted by Gasteiger charge is -2.47. The van der Waals surface area contributed by atoms with Gasteiger partial charge in [0, 0.05) is 49.9 Å². The van der Waals surface area contributed by atoms with Crippen molar-refractivity contribution in [3.8, 4) is 28.7 Å². The standard InChI is InChI=1S/C50H80O10/c1-8-15-24-53-35-37-31-38(49(58-29-20-13-6)50(59-30-21-14-7)48(37)57-28-19-12-5)45-43(56-27-18-11-4)34-44-46(47(45)52)39(51)33-41(60-44)36-22-23-40(54-25-16-9-2)42(32-36)55-26-17-10-3/h22-23,32,34,37-38,41,48-50,52H,8-21,24-31,33,35H2,1-7H3/t37?,38?,41-,48?,49?,50?/m1/s1. The van der Waals surface area contributed by atoms with Gasteiger partial charge >= 0.3 is 0 Å². The molecular formula is C50H80O10. The average molecular weight is 841 g/mol. The number of fused-ring (bicyclic) bond motifs is 1. The zero-order valence-corrected chi connectivity index (χ0v) is 38.4. The number of hydrogen-bond acceptors (Lipinski definition) is 10. The minimum absolute atomic E-state index is 0.0423. The smallest absolute Gasteiger partial charge is 0.174 e. The molecule has 1 aliphatic heterocycles. The Morgan fingerprint density at radius 2 is 1.12 bits per heavy atom. The molecule has 2 aromatic carbocycles. The normalized spacial score (nSPS) is 21.4. The van der Waals surface area contributed by atoms with E-state index in [9.17, 15) is 9.90 Å². The van der Waals surface area contributed by atoms with Crippen molar-refractivity contribution in [2.45, 2.75) is 182 Å². The number of carbonyl (C=O) groups is 1. The molecule has 340 valence electrons. The van der Waals surface area contributed by atoms with Crippen LogP contribution in [0.2, 0.25) is 0 Å². The van der Waals surface area contributed by atoms with E-state index in [1.54, 1.807) is 0 Å². The number of Topliss-reactive ketones (excluding diaryl/α,β-unsaturated/α-hetero) is 1. The van der Waals surface area contributed by atoms with Crippen molar-refractivity contribution in [2.75, 3.05) is 52.9 Å². The number of ether oxygens (including phenoxy) is 8. The topological polar surface area (TPSA) is 111 Å². The van der Waals surface area contributed by atoms with Crippen LogP contribution >= 0.6 is 0 Å². The second-order valence-corrected chi connectivity index (χ2v) is 16.7. The first kappa shape index (κ1) is 49.6. The highest BCUT2D eigenvalue weighted by atomic mass is 16.6. The maximum Gasteiger partial charge on any atom is 0.174 e. The van der Waals surface area contributed by atoms with Gasteiger partial charge < -0.3 is 43.0 Å². The molecule has 2 aromatic rings. The molecule has 0 amide bonds. The van der Waals surface area contributed by atoms with E-state index in [1.807, 2.05) is 24.3 Å². The molecule has 0 spiro atoms. The maximum absolute atomic E-state index is 14.4. The SMILES string of the molecule is CCCCOCC1CC(c2c(OCCCC)cc3c(c2O)C(=O)C[C@H](c2ccc(OCCCC)c(OCCCC)c2)O3)C(OCCCC)C(OCCCC)C1OCCCC. The van der Waals surface area contributed by atoms with E-state index < -0.39 is 18.3 Å².